The van der Waals surface area contributed by atoms with Crippen molar-refractivity contribution in [3.8, 4) is 0 Å². The number of carboxylic acids is 4. The second-order valence-corrected chi connectivity index (χ2v) is 13.0. The van der Waals surface area contributed by atoms with Crippen LogP contribution in [0.2, 0.25) is 0 Å². The highest BCUT2D eigenvalue weighted by molar-refractivity contribution is 6.01. The van der Waals surface area contributed by atoms with Crippen LogP contribution < -0.4 is 43.0 Å². The van der Waals surface area contributed by atoms with Crippen LogP contribution in [0.3, 0.4) is 0 Å². The fraction of sp³-hybridized carbons (Fsp3) is 0.471. The zero-order valence-electron chi connectivity index (χ0n) is 30.7. The molecule has 0 saturated heterocycles. The van der Waals surface area contributed by atoms with Crippen LogP contribution in [0.25, 0.3) is 0 Å². The zero-order chi connectivity index (χ0) is 43.6. The van der Waals surface area contributed by atoms with Gasteiger partial charge in [-0.3, -0.25) is 57.5 Å². The highest BCUT2D eigenvalue weighted by atomic mass is 16.4. The van der Waals surface area contributed by atoms with Crippen LogP contribution in [0, 0.1) is 5.92 Å². The topological polar surface area (TPSA) is 396 Å². The van der Waals surface area contributed by atoms with Gasteiger partial charge < -0.3 is 63.4 Å². The summed E-state index contributed by atoms with van der Waals surface area (Å²) in [6, 6.07) is 0.805. The Morgan fingerprint density at radius 1 is 0.672 bits per heavy atom. The first kappa shape index (κ1) is 47.2. The molecule has 13 N–H and O–H groups in total. The van der Waals surface area contributed by atoms with E-state index >= 15 is 0 Å². The standard InChI is InChI=1S/C34H44N8O16/c35-12-23(44)36-14-24(45)37-15-25(46)39-22(10-29(53)54)32(57)42-34(11-19(34)9-28(51)52)33(58)41-21(6-8-27(49)50)31(56)40-20(5-7-26(47)48)30(55)38-13-17-1-3-18(16-43)4-2-17/h1-4,16,19-22H,5-15,35H2,(H,36,44)(H,37,45)(H,38,55)(H,39,46)(H,40,56)(H,41,58)(H,42,57)(H,47,48)(H,49,50)(H,51,52)(H,53,54)/t19?,20-,21-,22-,34?/m0/s1. The second-order valence-electron chi connectivity index (χ2n) is 13.0. The summed E-state index contributed by atoms with van der Waals surface area (Å²) in [7, 11) is 0. The number of aliphatic carboxylic acids is 4. The van der Waals surface area contributed by atoms with Gasteiger partial charge in [-0.05, 0) is 24.8 Å². The molecule has 1 aromatic carbocycles. The third-order valence-electron chi connectivity index (χ3n) is 8.52. The van der Waals surface area contributed by atoms with Gasteiger partial charge in [-0.25, -0.2) is 0 Å². The molecule has 58 heavy (non-hydrogen) atoms. The molecule has 5 atom stereocenters. The first-order valence-electron chi connectivity index (χ1n) is 17.4. The van der Waals surface area contributed by atoms with Gasteiger partial charge in [0.1, 0.15) is 30.0 Å². The predicted octanol–water partition coefficient (Wildman–Crippen LogP) is -4.69. The monoisotopic (exact) mass is 820 g/mol. The smallest absolute Gasteiger partial charge is 0.305 e. The lowest BCUT2D eigenvalue weighted by Gasteiger charge is -2.27. The zero-order valence-corrected chi connectivity index (χ0v) is 30.7. The highest BCUT2D eigenvalue weighted by Gasteiger charge is 2.62. The first-order valence-corrected chi connectivity index (χ1v) is 17.4. The lowest BCUT2D eigenvalue weighted by atomic mass is 10.0. The Balaban J connectivity index is 2.28. The average molecular weight is 821 g/mol. The Labute approximate surface area is 328 Å². The second kappa shape index (κ2) is 22.5. The summed E-state index contributed by atoms with van der Waals surface area (Å²) in [5, 5.41) is 53.0. The van der Waals surface area contributed by atoms with Crippen molar-refractivity contribution in [1.29, 1.82) is 0 Å². The lowest BCUT2D eigenvalue weighted by Crippen LogP contribution is -2.60. The SMILES string of the molecule is NCC(=O)NCC(=O)NCC(=O)N[C@@H](CC(=O)O)C(=O)NC1(C(=O)N[C@@H](CCC(=O)O)C(=O)N[C@@H](CCC(=O)O)C(=O)NCc2ccc(C=O)cc2)CC1CC(=O)O. The number of aldehydes is 1. The summed E-state index contributed by atoms with van der Waals surface area (Å²) in [5.41, 5.74) is 3.87. The number of benzene rings is 1. The molecule has 1 fully saturated rings. The lowest BCUT2D eigenvalue weighted by molar-refractivity contribution is -0.142. The van der Waals surface area contributed by atoms with Crippen LogP contribution in [0.1, 0.15) is 60.9 Å². The van der Waals surface area contributed by atoms with Gasteiger partial charge >= 0.3 is 23.9 Å². The minimum absolute atomic E-state index is 0.114. The van der Waals surface area contributed by atoms with E-state index in [1.165, 1.54) is 24.3 Å². The van der Waals surface area contributed by atoms with Crippen LogP contribution >= 0.6 is 0 Å². The number of hydrogen-bond donors (Lipinski definition) is 12. The maximum atomic E-state index is 13.8. The van der Waals surface area contributed by atoms with Crippen molar-refractivity contribution in [2.45, 2.75) is 75.2 Å². The van der Waals surface area contributed by atoms with Gasteiger partial charge in [0.25, 0.3) is 0 Å². The Kier molecular flexibility index (Phi) is 18.3. The third-order valence-corrected chi connectivity index (χ3v) is 8.52. The van der Waals surface area contributed by atoms with Gasteiger partial charge in [0.05, 0.1) is 32.5 Å². The van der Waals surface area contributed by atoms with Crippen LogP contribution in [0.4, 0.5) is 0 Å². The van der Waals surface area contributed by atoms with E-state index in [-0.39, 0.29) is 13.0 Å². The number of carbonyl (C=O) groups excluding carboxylic acids is 8. The molecule has 2 unspecified atom stereocenters. The molecule has 2 rings (SSSR count). The molecule has 0 spiro atoms. The molecule has 0 radical (unpaired) electrons. The maximum Gasteiger partial charge on any atom is 0.305 e. The minimum Gasteiger partial charge on any atom is -0.481 e. The van der Waals surface area contributed by atoms with E-state index in [1.54, 1.807) is 0 Å². The molecule has 1 aliphatic rings. The summed E-state index contributed by atoms with van der Waals surface area (Å²) in [5.74, 6) is -14.1. The molecule has 1 aliphatic carbocycles. The van der Waals surface area contributed by atoms with Gasteiger partial charge in [-0.1, -0.05) is 24.3 Å². The Morgan fingerprint density at radius 2 is 1.24 bits per heavy atom. The predicted molar refractivity (Wildman–Crippen MR) is 192 cm³/mol. The quantitative estimate of drug-likeness (QED) is 0.0391. The van der Waals surface area contributed by atoms with E-state index in [0.29, 0.717) is 17.4 Å². The van der Waals surface area contributed by atoms with Crippen LogP contribution in [-0.4, -0.2) is 135 Å². The first-order chi connectivity index (χ1) is 27.3. The van der Waals surface area contributed by atoms with Gasteiger partial charge in [-0.15, -0.1) is 0 Å². The molecule has 0 aliphatic heterocycles. The Bertz CT molecular complexity index is 1770. The molecule has 316 valence electrons. The fourth-order valence-corrected chi connectivity index (χ4v) is 5.36. The number of amides is 7. The van der Waals surface area contributed by atoms with Crippen molar-refractivity contribution in [1.82, 2.24) is 37.2 Å². The van der Waals surface area contributed by atoms with Crippen molar-refractivity contribution < 1.29 is 78.0 Å². The maximum absolute atomic E-state index is 13.8. The molecule has 24 heteroatoms. The van der Waals surface area contributed by atoms with E-state index in [2.05, 4.69) is 37.2 Å². The molecule has 7 amide bonds. The molecule has 1 aromatic rings. The van der Waals surface area contributed by atoms with Crippen LogP contribution in [-0.2, 0) is 59.3 Å². The minimum atomic E-state index is -2.13. The van der Waals surface area contributed by atoms with E-state index in [1.807, 2.05) is 0 Å². The van der Waals surface area contributed by atoms with E-state index in [4.69, 9.17) is 5.73 Å². The molecule has 0 aromatic heterocycles. The van der Waals surface area contributed by atoms with Crippen molar-refractivity contribution in [2.24, 2.45) is 11.7 Å². The van der Waals surface area contributed by atoms with Crippen molar-refractivity contribution >= 4 is 71.5 Å². The molecular formula is C34H44N8O16. The van der Waals surface area contributed by atoms with Gasteiger partial charge in [-0.2, -0.15) is 0 Å². The number of carbonyl (C=O) groups is 12. The molecule has 1 saturated carbocycles. The molecule has 0 bridgehead atoms. The van der Waals surface area contributed by atoms with Gasteiger partial charge in [0, 0.05) is 30.9 Å². The summed E-state index contributed by atoms with van der Waals surface area (Å²) in [6.07, 6.45) is -3.98. The summed E-state index contributed by atoms with van der Waals surface area (Å²) >= 11 is 0. The van der Waals surface area contributed by atoms with Crippen molar-refractivity contribution in [2.75, 3.05) is 19.6 Å². The van der Waals surface area contributed by atoms with Gasteiger partial charge in [0.15, 0.2) is 0 Å². The van der Waals surface area contributed by atoms with Crippen LogP contribution in [0.5, 0.6) is 0 Å². The Hall–Kier alpha value is -6.98. The van der Waals surface area contributed by atoms with E-state index < -0.39 is 153 Å². The number of nitrogens with two attached hydrogens (primary N) is 1. The number of nitrogens with one attached hydrogen (secondary N) is 7. The van der Waals surface area contributed by atoms with Crippen molar-refractivity contribution in [3.05, 3.63) is 35.4 Å². The molecule has 0 heterocycles. The molecule has 24 nitrogen and oxygen atoms in total. The van der Waals surface area contributed by atoms with E-state index in [0.717, 1.165) is 0 Å². The number of carboxylic acid groups (broad SMARTS) is 4. The summed E-state index contributed by atoms with van der Waals surface area (Å²) in [6.45, 7) is -1.89. The number of rotatable bonds is 26. The summed E-state index contributed by atoms with van der Waals surface area (Å²) in [4.78, 5) is 147. The van der Waals surface area contributed by atoms with Gasteiger partial charge in [0.2, 0.25) is 41.4 Å². The third kappa shape index (κ3) is 16.0. The van der Waals surface area contributed by atoms with Crippen LogP contribution in [0.15, 0.2) is 24.3 Å². The normalized spacial score (nSPS) is 16.7. The fourth-order valence-electron chi connectivity index (χ4n) is 5.36. The molecular weight excluding hydrogens is 776 g/mol. The van der Waals surface area contributed by atoms with E-state index in [9.17, 15) is 78.0 Å². The van der Waals surface area contributed by atoms with Crippen molar-refractivity contribution in [3.63, 3.8) is 0 Å². The largest absolute Gasteiger partial charge is 0.481 e. The summed E-state index contributed by atoms with van der Waals surface area (Å²) < 4.78 is 0. The Morgan fingerprint density at radius 3 is 1.78 bits per heavy atom. The number of hydrogen-bond acceptors (Lipinski definition) is 13. The highest BCUT2D eigenvalue weighted by Crippen LogP contribution is 2.46. The average Bonchev–Trinajstić information content (AvgIpc) is 3.85.